The molecule has 10 heteroatoms. The lowest BCUT2D eigenvalue weighted by atomic mass is 10.1. The Kier molecular flexibility index (Phi) is 12.1. The summed E-state index contributed by atoms with van der Waals surface area (Å²) in [5.74, 6) is 0.604. The number of hydrogen-bond acceptors (Lipinski definition) is 4. The first kappa shape index (κ1) is 27.1. The van der Waals surface area contributed by atoms with E-state index in [9.17, 15) is 12.8 Å². The highest BCUT2D eigenvalue weighted by Gasteiger charge is 2.27. The van der Waals surface area contributed by atoms with Crippen LogP contribution in [0.4, 0.5) is 4.39 Å². The van der Waals surface area contributed by atoms with E-state index in [4.69, 9.17) is 4.74 Å². The van der Waals surface area contributed by atoms with Gasteiger partial charge in [-0.05, 0) is 43.9 Å². The summed E-state index contributed by atoms with van der Waals surface area (Å²) in [5, 5.41) is 6.62. The van der Waals surface area contributed by atoms with Crippen molar-refractivity contribution in [3.8, 4) is 0 Å². The van der Waals surface area contributed by atoms with Gasteiger partial charge < -0.3 is 15.4 Å². The smallest absolute Gasteiger partial charge is 0.214 e. The molecule has 0 aromatic heterocycles. The second-order valence-corrected chi connectivity index (χ2v) is 9.28. The van der Waals surface area contributed by atoms with E-state index in [-0.39, 0.29) is 48.2 Å². The molecule has 0 bridgehead atoms. The zero-order valence-corrected chi connectivity index (χ0v) is 21.1. The number of nitrogens with one attached hydrogen (secondary N) is 2. The Morgan fingerprint density at radius 3 is 2.60 bits per heavy atom. The number of rotatable bonds is 9. The average molecular weight is 556 g/mol. The molecule has 1 heterocycles. The van der Waals surface area contributed by atoms with Gasteiger partial charge in [0, 0.05) is 38.3 Å². The van der Waals surface area contributed by atoms with Crippen molar-refractivity contribution in [3.63, 3.8) is 0 Å². The fourth-order valence-electron chi connectivity index (χ4n) is 3.34. The molecule has 1 aliphatic rings. The molecule has 1 aliphatic heterocycles. The minimum atomic E-state index is -3.14. The number of ether oxygens (including phenoxy) is 1. The fraction of sp³-hybridized carbons (Fsp3) is 0.650. The van der Waals surface area contributed by atoms with Crippen LogP contribution >= 0.6 is 24.0 Å². The molecule has 0 spiro atoms. The molecule has 1 saturated heterocycles. The number of benzene rings is 1. The van der Waals surface area contributed by atoms with Gasteiger partial charge in [0.15, 0.2) is 5.96 Å². The number of methoxy groups -OCH3 is 1. The third kappa shape index (κ3) is 8.27. The Morgan fingerprint density at radius 1 is 1.30 bits per heavy atom. The Morgan fingerprint density at radius 2 is 2.00 bits per heavy atom. The largest absolute Gasteiger partial charge is 0.380 e. The lowest BCUT2D eigenvalue weighted by Crippen LogP contribution is -2.50. The van der Waals surface area contributed by atoms with Gasteiger partial charge in [0.05, 0.1) is 18.9 Å². The Labute approximate surface area is 196 Å². The second-order valence-electron chi connectivity index (χ2n) is 7.19. The highest BCUT2D eigenvalue weighted by Crippen LogP contribution is 2.16. The van der Waals surface area contributed by atoms with Crippen LogP contribution in [0.1, 0.15) is 44.2 Å². The molecule has 1 fully saturated rings. The molecule has 0 amide bonds. The van der Waals surface area contributed by atoms with Crippen LogP contribution in [0.15, 0.2) is 23.2 Å². The van der Waals surface area contributed by atoms with Crippen LogP contribution in [0.25, 0.3) is 0 Å². The van der Waals surface area contributed by atoms with Gasteiger partial charge >= 0.3 is 0 Å². The molecule has 172 valence electrons. The number of piperidine rings is 1. The standard InChI is InChI=1S/C20H33FN4O3S.HI/c1-4-12-29(26,27)25-10-8-18(9-11-25)24-20(22-5-2)23-14-16-6-7-19(21)17(13-16)15-28-3;/h6-7,13,18H,4-5,8-12,14-15H2,1-3H3,(H2,22,23,24);1H. The van der Waals surface area contributed by atoms with Crippen LogP contribution in [0.2, 0.25) is 0 Å². The van der Waals surface area contributed by atoms with Crippen LogP contribution in [0, 0.1) is 5.82 Å². The van der Waals surface area contributed by atoms with E-state index in [2.05, 4.69) is 15.6 Å². The topological polar surface area (TPSA) is 83.0 Å². The van der Waals surface area contributed by atoms with E-state index in [0.29, 0.717) is 44.1 Å². The molecule has 0 atom stereocenters. The molecule has 0 aliphatic carbocycles. The van der Waals surface area contributed by atoms with Gasteiger partial charge in [0.1, 0.15) is 5.82 Å². The first-order chi connectivity index (χ1) is 13.9. The first-order valence-corrected chi connectivity index (χ1v) is 11.8. The fourth-order valence-corrected chi connectivity index (χ4v) is 4.88. The quantitative estimate of drug-likeness (QED) is 0.278. The van der Waals surface area contributed by atoms with Gasteiger partial charge in [0.2, 0.25) is 10.0 Å². The predicted molar refractivity (Wildman–Crippen MR) is 129 cm³/mol. The maximum absolute atomic E-state index is 13.8. The van der Waals surface area contributed by atoms with Crippen LogP contribution in [0.3, 0.4) is 0 Å². The maximum Gasteiger partial charge on any atom is 0.214 e. The van der Waals surface area contributed by atoms with Gasteiger partial charge in [-0.2, -0.15) is 0 Å². The van der Waals surface area contributed by atoms with Gasteiger partial charge in [-0.15, -0.1) is 24.0 Å². The lowest BCUT2D eigenvalue weighted by Gasteiger charge is -2.32. The zero-order valence-electron chi connectivity index (χ0n) is 18.0. The van der Waals surface area contributed by atoms with Crippen molar-refractivity contribution in [1.82, 2.24) is 14.9 Å². The van der Waals surface area contributed by atoms with Crippen molar-refractivity contribution in [2.45, 2.75) is 52.3 Å². The first-order valence-electron chi connectivity index (χ1n) is 10.2. The highest BCUT2D eigenvalue weighted by molar-refractivity contribution is 14.0. The molecule has 7 nitrogen and oxygen atoms in total. The van der Waals surface area contributed by atoms with Gasteiger partial charge in [0.25, 0.3) is 0 Å². The summed E-state index contributed by atoms with van der Waals surface area (Å²) >= 11 is 0. The van der Waals surface area contributed by atoms with Crippen molar-refractivity contribution in [3.05, 3.63) is 35.1 Å². The molecule has 0 saturated carbocycles. The number of guanidine groups is 1. The molecular formula is C20H34FIN4O3S. The zero-order chi connectivity index (χ0) is 21.3. The monoisotopic (exact) mass is 556 g/mol. The summed E-state index contributed by atoms with van der Waals surface area (Å²) < 4.78 is 44.8. The van der Waals surface area contributed by atoms with Crippen molar-refractivity contribution in [1.29, 1.82) is 0 Å². The Bertz CT molecular complexity index is 784. The normalized spacial score (nSPS) is 16.2. The minimum Gasteiger partial charge on any atom is -0.380 e. The number of hydrogen-bond donors (Lipinski definition) is 2. The summed E-state index contributed by atoms with van der Waals surface area (Å²) in [7, 11) is -1.60. The summed E-state index contributed by atoms with van der Waals surface area (Å²) in [5.41, 5.74) is 1.41. The van der Waals surface area contributed by atoms with E-state index >= 15 is 0 Å². The third-order valence-corrected chi connectivity index (χ3v) is 6.90. The van der Waals surface area contributed by atoms with Crippen molar-refractivity contribution < 1.29 is 17.5 Å². The minimum absolute atomic E-state index is 0. The van der Waals surface area contributed by atoms with Crippen molar-refractivity contribution in [2.24, 2.45) is 4.99 Å². The number of nitrogens with zero attached hydrogens (tertiary/aromatic N) is 2. The van der Waals surface area contributed by atoms with Crippen molar-refractivity contribution >= 4 is 40.0 Å². The molecule has 2 rings (SSSR count). The third-order valence-electron chi connectivity index (χ3n) is 4.82. The van der Waals surface area contributed by atoms with Gasteiger partial charge in [-0.1, -0.05) is 13.0 Å². The maximum atomic E-state index is 13.8. The number of halogens is 2. The SMILES string of the molecule is CCCS(=O)(=O)N1CCC(NC(=NCc2ccc(F)c(COC)c2)NCC)CC1.I. The Balaban J connectivity index is 0.00000450. The van der Waals surface area contributed by atoms with Crippen LogP contribution < -0.4 is 10.6 Å². The average Bonchev–Trinajstić information content (AvgIpc) is 2.69. The van der Waals surface area contributed by atoms with E-state index in [1.807, 2.05) is 13.8 Å². The summed E-state index contributed by atoms with van der Waals surface area (Å²) in [6.45, 7) is 6.27. The predicted octanol–water partition coefficient (Wildman–Crippen LogP) is 2.85. The number of aliphatic imine (C=N–C) groups is 1. The molecule has 0 unspecified atom stereocenters. The van der Waals surface area contributed by atoms with Gasteiger partial charge in [-0.25, -0.2) is 22.1 Å². The van der Waals surface area contributed by atoms with Crippen LogP contribution in [-0.2, 0) is 27.9 Å². The molecule has 0 radical (unpaired) electrons. The van der Waals surface area contributed by atoms with E-state index in [1.54, 1.807) is 16.4 Å². The highest BCUT2D eigenvalue weighted by atomic mass is 127. The second kappa shape index (κ2) is 13.4. The Hall–Kier alpha value is -0.980. The van der Waals surface area contributed by atoms with Crippen LogP contribution in [-0.4, -0.2) is 57.2 Å². The van der Waals surface area contributed by atoms with E-state index < -0.39 is 10.0 Å². The molecule has 30 heavy (non-hydrogen) atoms. The molecule has 1 aromatic rings. The lowest BCUT2D eigenvalue weighted by molar-refractivity contribution is 0.181. The molecular weight excluding hydrogens is 522 g/mol. The molecule has 2 N–H and O–H groups in total. The summed E-state index contributed by atoms with van der Waals surface area (Å²) in [6, 6.07) is 5.09. The van der Waals surface area contributed by atoms with Gasteiger partial charge in [-0.3, -0.25) is 0 Å². The summed E-state index contributed by atoms with van der Waals surface area (Å²) in [6.07, 6.45) is 2.11. The number of sulfonamides is 1. The van der Waals surface area contributed by atoms with E-state index in [0.717, 1.165) is 18.4 Å². The van der Waals surface area contributed by atoms with Crippen molar-refractivity contribution in [2.75, 3.05) is 32.5 Å². The van der Waals surface area contributed by atoms with Crippen LogP contribution in [0.5, 0.6) is 0 Å². The van der Waals surface area contributed by atoms with E-state index in [1.165, 1.54) is 13.2 Å². The summed E-state index contributed by atoms with van der Waals surface area (Å²) in [4.78, 5) is 4.61. The molecule has 1 aromatic carbocycles.